The fourth-order valence-electron chi connectivity index (χ4n) is 1.76. The van der Waals surface area contributed by atoms with Crippen molar-refractivity contribution in [1.82, 2.24) is 14.7 Å². The van der Waals surface area contributed by atoms with E-state index in [1.807, 2.05) is 6.07 Å². The van der Waals surface area contributed by atoms with E-state index in [1.165, 1.54) is 0 Å². The molecule has 0 saturated heterocycles. The van der Waals surface area contributed by atoms with Gasteiger partial charge in [0.2, 0.25) is 10.0 Å². The molecule has 1 heterocycles. The molecule has 2 rings (SSSR count). The lowest BCUT2D eigenvalue weighted by molar-refractivity contribution is 0.580. The number of rotatable bonds is 6. The number of hydrogen-bond acceptors (Lipinski definition) is 4. The second-order valence-electron chi connectivity index (χ2n) is 4.25. The standard InChI is InChI=1S/C13H14N4O2S/c14-9-11-2-1-3-12(8-11)10-20(18,19)17-5-4-13-15-6-7-16-13/h1-3,6-8,17H,4-5,10H2,(H,15,16). The van der Waals surface area contributed by atoms with Gasteiger partial charge in [-0.2, -0.15) is 5.26 Å². The summed E-state index contributed by atoms with van der Waals surface area (Å²) >= 11 is 0. The molecule has 20 heavy (non-hydrogen) atoms. The lowest BCUT2D eigenvalue weighted by Crippen LogP contribution is -2.27. The maximum absolute atomic E-state index is 11.9. The maximum atomic E-state index is 11.9. The SMILES string of the molecule is N#Cc1cccc(CS(=O)(=O)NCCc2ncc[nH]2)c1. The Morgan fingerprint density at radius 1 is 1.40 bits per heavy atom. The Kier molecular flexibility index (Phi) is 4.50. The van der Waals surface area contributed by atoms with E-state index in [2.05, 4.69) is 14.7 Å². The quantitative estimate of drug-likeness (QED) is 0.827. The molecule has 7 heteroatoms. The van der Waals surface area contributed by atoms with Gasteiger partial charge in [-0.3, -0.25) is 0 Å². The van der Waals surface area contributed by atoms with Crippen molar-refractivity contribution in [3.8, 4) is 6.07 Å². The van der Waals surface area contributed by atoms with Gasteiger partial charge in [-0.05, 0) is 17.7 Å². The van der Waals surface area contributed by atoms with Crippen LogP contribution in [0.5, 0.6) is 0 Å². The van der Waals surface area contributed by atoms with Crippen LogP contribution in [0, 0.1) is 11.3 Å². The number of aromatic amines is 1. The van der Waals surface area contributed by atoms with Gasteiger partial charge in [0.05, 0.1) is 17.4 Å². The van der Waals surface area contributed by atoms with Gasteiger partial charge >= 0.3 is 0 Å². The fraction of sp³-hybridized carbons (Fsp3) is 0.231. The summed E-state index contributed by atoms with van der Waals surface area (Å²) in [5, 5.41) is 8.78. The van der Waals surface area contributed by atoms with E-state index in [1.54, 1.807) is 36.7 Å². The summed E-state index contributed by atoms with van der Waals surface area (Å²) in [7, 11) is -3.41. The summed E-state index contributed by atoms with van der Waals surface area (Å²) in [6, 6.07) is 8.56. The lowest BCUT2D eigenvalue weighted by Gasteiger charge is -2.06. The first kappa shape index (κ1) is 14.2. The zero-order valence-electron chi connectivity index (χ0n) is 10.7. The molecule has 6 nitrogen and oxygen atoms in total. The van der Waals surface area contributed by atoms with Crippen molar-refractivity contribution in [2.24, 2.45) is 0 Å². The van der Waals surface area contributed by atoms with E-state index in [0.29, 0.717) is 17.5 Å². The molecule has 1 aromatic heterocycles. The van der Waals surface area contributed by atoms with E-state index in [9.17, 15) is 8.42 Å². The van der Waals surface area contributed by atoms with Crippen LogP contribution < -0.4 is 4.72 Å². The predicted molar refractivity (Wildman–Crippen MR) is 74.1 cm³/mol. The van der Waals surface area contributed by atoms with Gasteiger partial charge in [0.1, 0.15) is 5.82 Å². The first-order valence-corrected chi connectivity index (χ1v) is 7.69. The van der Waals surface area contributed by atoms with Gasteiger partial charge in [-0.1, -0.05) is 12.1 Å². The Labute approximate surface area is 117 Å². The van der Waals surface area contributed by atoms with Crippen LogP contribution in [0.3, 0.4) is 0 Å². The summed E-state index contributed by atoms with van der Waals surface area (Å²) in [6.45, 7) is 0.286. The van der Waals surface area contributed by atoms with Crippen molar-refractivity contribution in [1.29, 1.82) is 5.26 Å². The molecule has 0 atom stereocenters. The number of H-pyrrole nitrogens is 1. The number of nitriles is 1. The van der Waals surface area contributed by atoms with Crippen molar-refractivity contribution >= 4 is 10.0 Å². The van der Waals surface area contributed by atoms with Crippen molar-refractivity contribution in [2.45, 2.75) is 12.2 Å². The molecule has 0 fully saturated rings. The number of sulfonamides is 1. The zero-order chi connectivity index (χ0) is 14.4. The highest BCUT2D eigenvalue weighted by atomic mass is 32.2. The van der Waals surface area contributed by atoms with Crippen molar-refractivity contribution in [3.63, 3.8) is 0 Å². The molecule has 2 N–H and O–H groups in total. The minimum atomic E-state index is -3.41. The van der Waals surface area contributed by atoms with E-state index >= 15 is 0 Å². The molecule has 0 bridgehead atoms. The number of hydrogen-bond donors (Lipinski definition) is 2. The Morgan fingerprint density at radius 3 is 2.95 bits per heavy atom. The summed E-state index contributed by atoms with van der Waals surface area (Å²) < 4.78 is 26.3. The summed E-state index contributed by atoms with van der Waals surface area (Å²) in [5.41, 5.74) is 1.04. The second-order valence-corrected chi connectivity index (χ2v) is 6.06. The minimum absolute atomic E-state index is 0.138. The molecule has 0 saturated carbocycles. The van der Waals surface area contributed by atoms with Crippen LogP contribution in [-0.4, -0.2) is 24.9 Å². The van der Waals surface area contributed by atoms with Crippen molar-refractivity contribution in [2.75, 3.05) is 6.54 Å². The molecule has 0 aliphatic rings. The van der Waals surface area contributed by atoms with Gasteiger partial charge in [0.15, 0.2) is 0 Å². The third kappa shape index (κ3) is 4.19. The minimum Gasteiger partial charge on any atom is -0.349 e. The normalized spacial score (nSPS) is 11.2. The average Bonchev–Trinajstić information content (AvgIpc) is 2.91. The monoisotopic (exact) mass is 290 g/mol. The van der Waals surface area contributed by atoms with Gasteiger partial charge in [-0.15, -0.1) is 0 Å². The molecular formula is C13H14N4O2S. The Bertz CT molecular complexity index is 702. The maximum Gasteiger partial charge on any atom is 0.215 e. The van der Waals surface area contributed by atoms with Crippen LogP contribution in [0.1, 0.15) is 17.0 Å². The molecule has 104 valence electrons. The summed E-state index contributed by atoms with van der Waals surface area (Å²) in [5.74, 6) is 0.597. The van der Waals surface area contributed by atoms with Crippen LogP contribution in [0.25, 0.3) is 0 Å². The average molecular weight is 290 g/mol. The first-order valence-electron chi connectivity index (χ1n) is 6.04. The Morgan fingerprint density at radius 2 is 2.25 bits per heavy atom. The van der Waals surface area contributed by atoms with Crippen LogP contribution >= 0.6 is 0 Å². The largest absolute Gasteiger partial charge is 0.349 e. The van der Waals surface area contributed by atoms with Crippen molar-refractivity contribution in [3.05, 3.63) is 53.6 Å². The zero-order valence-corrected chi connectivity index (χ0v) is 11.5. The molecule has 0 radical (unpaired) electrons. The lowest BCUT2D eigenvalue weighted by atomic mass is 10.2. The number of aromatic nitrogens is 2. The number of benzene rings is 1. The van der Waals surface area contributed by atoms with Gasteiger partial charge < -0.3 is 4.98 Å². The topological polar surface area (TPSA) is 98.6 Å². The Balaban J connectivity index is 1.91. The first-order chi connectivity index (χ1) is 9.59. The van der Waals surface area contributed by atoms with E-state index < -0.39 is 10.0 Å². The number of imidazole rings is 1. The van der Waals surface area contributed by atoms with Gasteiger partial charge in [0.25, 0.3) is 0 Å². The smallest absolute Gasteiger partial charge is 0.215 e. The highest BCUT2D eigenvalue weighted by Crippen LogP contribution is 2.07. The summed E-state index contributed by atoms with van der Waals surface area (Å²) in [6.07, 6.45) is 3.82. The third-order valence-electron chi connectivity index (χ3n) is 2.65. The molecule has 2 aromatic rings. The van der Waals surface area contributed by atoms with E-state index in [0.717, 1.165) is 5.82 Å². The van der Waals surface area contributed by atoms with Crippen LogP contribution in [0.4, 0.5) is 0 Å². The van der Waals surface area contributed by atoms with Crippen LogP contribution in [-0.2, 0) is 22.2 Å². The van der Waals surface area contributed by atoms with Gasteiger partial charge in [-0.25, -0.2) is 18.1 Å². The predicted octanol–water partition coefficient (Wildman–Crippen LogP) is 0.943. The molecular weight excluding hydrogens is 276 g/mol. The molecule has 0 unspecified atom stereocenters. The molecule has 0 aliphatic carbocycles. The van der Waals surface area contributed by atoms with E-state index in [4.69, 9.17) is 5.26 Å². The Hall–Kier alpha value is -2.17. The molecule has 0 amide bonds. The third-order valence-corrected chi connectivity index (χ3v) is 4.01. The number of nitrogens with zero attached hydrogens (tertiary/aromatic N) is 2. The molecule has 1 aromatic carbocycles. The molecule has 0 spiro atoms. The summed E-state index contributed by atoms with van der Waals surface area (Å²) in [4.78, 5) is 6.92. The molecule has 0 aliphatic heterocycles. The fourth-order valence-corrected chi connectivity index (χ4v) is 2.89. The highest BCUT2D eigenvalue weighted by Gasteiger charge is 2.11. The van der Waals surface area contributed by atoms with Crippen LogP contribution in [0.15, 0.2) is 36.7 Å². The second kappa shape index (κ2) is 6.32. The van der Waals surface area contributed by atoms with Crippen LogP contribution in [0.2, 0.25) is 0 Å². The highest BCUT2D eigenvalue weighted by molar-refractivity contribution is 7.88. The van der Waals surface area contributed by atoms with Crippen molar-refractivity contribution < 1.29 is 8.42 Å². The number of nitrogens with one attached hydrogen (secondary N) is 2. The van der Waals surface area contributed by atoms with Gasteiger partial charge in [0, 0.05) is 25.4 Å². The van der Waals surface area contributed by atoms with E-state index in [-0.39, 0.29) is 12.3 Å².